The Morgan fingerprint density at radius 3 is 2.51 bits per heavy atom. The summed E-state index contributed by atoms with van der Waals surface area (Å²) in [7, 11) is 1.40. The Balaban J connectivity index is 2.11. The molecular weight excluding hydrogens is 460 g/mol. The minimum atomic E-state index is -1.37. The van der Waals surface area contributed by atoms with E-state index >= 15 is 0 Å². The summed E-state index contributed by atoms with van der Waals surface area (Å²) in [6.07, 6.45) is 1.37. The largest absolute Gasteiger partial charge is 0.476 e. The Bertz CT molecular complexity index is 1440. The molecule has 2 heterocycles. The molecule has 0 atom stereocenters. The summed E-state index contributed by atoms with van der Waals surface area (Å²) in [4.78, 5) is 66.1. The fourth-order valence-electron chi connectivity index (χ4n) is 3.63. The predicted octanol–water partition coefficient (Wildman–Crippen LogP) is 0.00660. The number of amides is 1. The topological polar surface area (TPSA) is 183 Å². The van der Waals surface area contributed by atoms with Crippen LogP contribution < -0.4 is 27.4 Å². The number of rotatable bonds is 10. The Hall–Kier alpha value is -4.26. The van der Waals surface area contributed by atoms with Gasteiger partial charge in [-0.1, -0.05) is 31.5 Å². The first-order valence-corrected chi connectivity index (χ1v) is 10.9. The molecule has 0 aliphatic rings. The molecule has 3 aromatic rings. The van der Waals surface area contributed by atoms with Crippen LogP contribution in [0.5, 0.6) is 0 Å². The van der Waals surface area contributed by atoms with Gasteiger partial charge in [0.25, 0.3) is 11.1 Å². The second-order valence-corrected chi connectivity index (χ2v) is 7.70. The van der Waals surface area contributed by atoms with Crippen LogP contribution in [0.4, 0.5) is 11.5 Å². The molecule has 0 bridgehead atoms. The molecule has 0 aliphatic heterocycles. The van der Waals surface area contributed by atoms with E-state index in [1.165, 1.54) is 19.2 Å². The Morgan fingerprint density at radius 2 is 1.89 bits per heavy atom. The number of carbonyl (C=O) groups is 2. The lowest BCUT2D eigenvalue weighted by Gasteiger charge is -2.24. The summed E-state index contributed by atoms with van der Waals surface area (Å²) >= 11 is 0. The van der Waals surface area contributed by atoms with E-state index in [-0.39, 0.29) is 42.0 Å². The average Bonchev–Trinajstić information content (AvgIpc) is 2.82. The molecule has 3 rings (SSSR count). The lowest BCUT2D eigenvalue weighted by atomic mass is 10.1. The van der Waals surface area contributed by atoms with Crippen LogP contribution in [0.2, 0.25) is 0 Å². The van der Waals surface area contributed by atoms with Gasteiger partial charge in [-0.05, 0) is 12.5 Å². The number of carboxylic acids is 1. The molecule has 0 spiro atoms. The summed E-state index contributed by atoms with van der Waals surface area (Å²) in [5.74, 6) is -2.36. The fourth-order valence-corrected chi connectivity index (χ4v) is 3.63. The molecule has 2 aromatic heterocycles. The van der Waals surface area contributed by atoms with Crippen molar-refractivity contribution in [1.29, 1.82) is 0 Å². The number of ether oxygens (including phenoxy) is 1. The number of hydrogen-bond donors (Lipinski definition) is 3. The number of aromatic nitrogens is 4. The number of aromatic carboxylic acids is 1. The van der Waals surface area contributed by atoms with Gasteiger partial charge in [-0.15, -0.1) is 0 Å². The molecule has 35 heavy (non-hydrogen) atoms. The fraction of sp³-hybridized carbons (Fsp3) is 0.364. The first-order chi connectivity index (χ1) is 16.7. The van der Waals surface area contributed by atoms with Gasteiger partial charge in [0.2, 0.25) is 5.91 Å². The standard InChI is InChI=1S/C22H26N6O7/c1-3-4-9-27-18(23)17(19(30)24-22(27)34)26(10-11-35-2)15(29)12-28-20(31)14-8-6-5-7-13(14)16(25-28)21(32)33/h5-8H,3-4,9-12,23H2,1-2H3,(H,32,33)(H,24,30,34). The number of benzene rings is 1. The summed E-state index contributed by atoms with van der Waals surface area (Å²) in [5.41, 5.74) is 3.21. The van der Waals surface area contributed by atoms with Crippen LogP contribution >= 0.6 is 0 Å². The second-order valence-electron chi connectivity index (χ2n) is 7.70. The van der Waals surface area contributed by atoms with E-state index in [0.717, 1.165) is 20.6 Å². The quantitative estimate of drug-likeness (QED) is 0.355. The zero-order valence-electron chi connectivity index (χ0n) is 19.3. The number of nitrogen functional groups attached to an aromatic ring is 1. The van der Waals surface area contributed by atoms with Crippen molar-refractivity contribution in [2.75, 3.05) is 30.9 Å². The Morgan fingerprint density at radius 1 is 1.20 bits per heavy atom. The number of unbranched alkanes of at least 4 members (excludes halogenated alkanes) is 1. The zero-order valence-corrected chi connectivity index (χ0v) is 19.3. The van der Waals surface area contributed by atoms with Gasteiger partial charge in [-0.3, -0.25) is 23.9 Å². The summed E-state index contributed by atoms with van der Waals surface area (Å²) in [6, 6.07) is 6.01. The van der Waals surface area contributed by atoms with Crippen molar-refractivity contribution in [1.82, 2.24) is 19.3 Å². The zero-order chi connectivity index (χ0) is 25.7. The van der Waals surface area contributed by atoms with Gasteiger partial charge in [0, 0.05) is 25.6 Å². The van der Waals surface area contributed by atoms with E-state index in [9.17, 15) is 29.1 Å². The number of H-pyrrole nitrogens is 1. The molecule has 0 saturated heterocycles. The molecule has 13 heteroatoms. The lowest BCUT2D eigenvalue weighted by molar-refractivity contribution is -0.119. The minimum absolute atomic E-state index is 0.0130. The van der Waals surface area contributed by atoms with Crippen LogP contribution in [0.3, 0.4) is 0 Å². The number of nitrogens with one attached hydrogen (secondary N) is 1. The maximum Gasteiger partial charge on any atom is 0.357 e. The molecule has 0 radical (unpaired) electrons. The third-order valence-electron chi connectivity index (χ3n) is 5.39. The van der Waals surface area contributed by atoms with Gasteiger partial charge < -0.3 is 20.5 Å². The van der Waals surface area contributed by atoms with E-state index in [1.54, 1.807) is 12.1 Å². The highest BCUT2D eigenvalue weighted by Crippen LogP contribution is 2.18. The number of hydrogen-bond acceptors (Lipinski definition) is 8. The Kier molecular flexibility index (Phi) is 7.81. The second kappa shape index (κ2) is 10.8. The molecule has 1 aromatic carbocycles. The molecule has 13 nitrogen and oxygen atoms in total. The number of nitrogens with two attached hydrogens (primary N) is 1. The van der Waals surface area contributed by atoms with E-state index in [0.29, 0.717) is 6.42 Å². The number of carboxylic acid groups (broad SMARTS) is 1. The summed E-state index contributed by atoms with van der Waals surface area (Å²) < 4.78 is 6.94. The van der Waals surface area contributed by atoms with Crippen LogP contribution in [0.1, 0.15) is 30.3 Å². The number of aromatic amines is 1. The highest BCUT2D eigenvalue weighted by atomic mass is 16.5. The highest BCUT2D eigenvalue weighted by Gasteiger charge is 2.26. The molecule has 0 aliphatic carbocycles. The SMILES string of the molecule is CCCCn1c(N)c(N(CCOC)C(=O)Cn2nc(C(=O)O)c3ccccc3c2=O)c(=O)[nH]c1=O. The first kappa shape index (κ1) is 25.4. The van der Waals surface area contributed by atoms with E-state index < -0.39 is 40.9 Å². The van der Waals surface area contributed by atoms with E-state index in [2.05, 4.69) is 10.1 Å². The predicted molar refractivity (Wildman–Crippen MR) is 128 cm³/mol. The molecule has 0 saturated carbocycles. The number of fused-ring (bicyclic) bond motifs is 1. The number of methoxy groups -OCH3 is 1. The summed E-state index contributed by atoms with van der Waals surface area (Å²) in [6.45, 7) is 1.36. The van der Waals surface area contributed by atoms with Crippen molar-refractivity contribution < 1.29 is 19.4 Å². The molecule has 0 fully saturated rings. The Labute approximate surface area is 198 Å². The van der Waals surface area contributed by atoms with Crippen molar-refractivity contribution in [2.45, 2.75) is 32.9 Å². The van der Waals surface area contributed by atoms with Crippen molar-refractivity contribution in [2.24, 2.45) is 0 Å². The number of anilines is 2. The van der Waals surface area contributed by atoms with Gasteiger partial charge in [0.05, 0.1) is 12.0 Å². The highest BCUT2D eigenvalue weighted by molar-refractivity contribution is 6.01. The van der Waals surface area contributed by atoms with Crippen LogP contribution in [0.15, 0.2) is 38.6 Å². The molecule has 0 unspecified atom stereocenters. The molecule has 1 amide bonds. The maximum absolute atomic E-state index is 13.3. The number of carbonyl (C=O) groups excluding carboxylic acids is 1. The smallest absolute Gasteiger partial charge is 0.357 e. The third kappa shape index (κ3) is 5.14. The van der Waals surface area contributed by atoms with Crippen molar-refractivity contribution in [3.05, 3.63) is 61.2 Å². The van der Waals surface area contributed by atoms with Gasteiger partial charge in [0.1, 0.15) is 12.4 Å². The van der Waals surface area contributed by atoms with Gasteiger partial charge >= 0.3 is 11.7 Å². The van der Waals surface area contributed by atoms with Gasteiger partial charge in [-0.25, -0.2) is 14.3 Å². The van der Waals surface area contributed by atoms with Gasteiger partial charge in [-0.2, -0.15) is 5.10 Å². The van der Waals surface area contributed by atoms with Gasteiger partial charge in [0.15, 0.2) is 11.4 Å². The monoisotopic (exact) mass is 486 g/mol. The molecule has 186 valence electrons. The summed E-state index contributed by atoms with van der Waals surface area (Å²) in [5, 5.41) is 13.6. The normalized spacial score (nSPS) is 11.0. The molecule has 4 N–H and O–H groups in total. The number of nitrogens with zero attached hydrogens (tertiary/aromatic N) is 4. The van der Waals surface area contributed by atoms with Crippen molar-refractivity contribution in [3.63, 3.8) is 0 Å². The van der Waals surface area contributed by atoms with Crippen LogP contribution in [0.25, 0.3) is 10.8 Å². The van der Waals surface area contributed by atoms with E-state index in [4.69, 9.17) is 10.5 Å². The third-order valence-corrected chi connectivity index (χ3v) is 5.39. The lowest BCUT2D eigenvalue weighted by Crippen LogP contribution is -2.45. The maximum atomic E-state index is 13.3. The van der Waals surface area contributed by atoms with Crippen LogP contribution in [0, 0.1) is 0 Å². The molecular formula is C22H26N6O7. The first-order valence-electron chi connectivity index (χ1n) is 10.9. The van der Waals surface area contributed by atoms with Crippen LogP contribution in [-0.4, -0.2) is 56.6 Å². The van der Waals surface area contributed by atoms with Crippen molar-refractivity contribution in [3.8, 4) is 0 Å². The van der Waals surface area contributed by atoms with Crippen LogP contribution in [-0.2, 0) is 22.6 Å². The van der Waals surface area contributed by atoms with Crippen molar-refractivity contribution >= 4 is 34.2 Å². The average molecular weight is 486 g/mol. The minimum Gasteiger partial charge on any atom is -0.476 e. The van der Waals surface area contributed by atoms with E-state index in [1.807, 2.05) is 6.92 Å².